The predicted octanol–water partition coefficient (Wildman–Crippen LogP) is 1.11. The highest BCUT2D eigenvalue weighted by Crippen LogP contribution is 2.39. The highest BCUT2D eigenvalue weighted by molar-refractivity contribution is 8.00. The third kappa shape index (κ3) is 2.02. The number of nitrogens with zero attached hydrogens (tertiary/aromatic N) is 2. The van der Waals surface area contributed by atoms with Crippen LogP contribution >= 0.6 is 11.8 Å². The van der Waals surface area contributed by atoms with E-state index in [1.54, 1.807) is 4.90 Å². The summed E-state index contributed by atoms with van der Waals surface area (Å²) in [5, 5.41) is 0. The zero-order valence-electron chi connectivity index (χ0n) is 10.9. The summed E-state index contributed by atoms with van der Waals surface area (Å²) in [6.45, 7) is 4.04. The molecule has 0 N–H and O–H groups in total. The summed E-state index contributed by atoms with van der Waals surface area (Å²) in [7, 11) is 0. The Morgan fingerprint density at radius 2 is 2.22 bits per heavy atom. The Balaban J connectivity index is 1.72. The molecule has 2 unspecified atom stereocenters. The van der Waals surface area contributed by atoms with E-state index in [4.69, 9.17) is 0 Å². The Morgan fingerprint density at radius 1 is 1.39 bits per heavy atom. The smallest absolute Gasteiger partial charge is 0.245 e. The van der Waals surface area contributed by atoms with Crippen LogP contribution in [0.5, 0.6) is 0 Å². The van der Waals surface area contributed by atoms with Crippen molar-refractivity contribution in [2.75, 3.05) is 25.4 Å². The Hall–Kier alpha value is -0.710. The maximum absolute atomic E-state index is 12.4. The highest BCUT2D eigenvalue weighted by Gasteiger charge is 2.44. The first-order chi connectivity index (χ1) is 8.59. The molecule has 3 saturated heterocycles. The van der Waals surface area contributed by atoms with Crippen molar-refractivity contribution in [3.63, 3.8) is 0 Å². The van der Waals surface area contributed by atoms with Crippen LogP contribution in [0, 0.1) is 0 Å². The fourth-order valence-electron chi connectivity index (χ4n) is 3.36. The van der Waals surface area contributed by atoms with Gasteiger partial charge < -0.3 is 9.80 Å². The third-order valence-corrected chi connectivity index (χ3v) is 5.84. The largest absolute Gasteiger partial charge is 0.330 e. The first-order valence-electron chi connectivity index (χ1n) is 6.81. The molecule has 3 fully saturated rings. The van der Waals surface area contributed by atoms with E-state index in [1.807, 2.05) is 16.7 Å². The van der Waals surface area contributed by atoms with Gasteiger partial charge in [-0.05, 0) is 38.4 Å². The molecule has 0 radical (unpaired) electrons. The second-order valence-electron chi connectivity index (χ2n) is 5.84. The van der Waals surface area contributed by atoms with Crippen molar-refractivity contribution in [2.24, 2.45) is 0 Å². The fourth-order valence-corrected chi connectivity index (χ4v) is 4.68. The van der Waals surface area contributed by atoms with Gasteiger partial charge in [-0.1, -0.05) is 0 Å². The number of thioether (sulfide) groups is 1. The summed E-state index contributed by atoms with van der Waals surface area (Å²) < 4.78 is 0.163. The molecule has 3 aliphatic rings. The van der Waals surface area contributed by atoms with E-state index in [1.165, 1.54) is 12.2 Å². The molecule has 100 valence electrons. The van der Waals surface area contributed by atoms with Crippen LogP contribution in [0.25, 0.3) is 0 Å². The summed E-state index contributed by atoms with van der Waals surface area (Å²) in [5.41, 5.74) is 0. The average Bonchev–Trinajstić information content (AvgIpc) is 2.95. The number of amides is 2. The average molecular weight is 268 g/mol. The molecule has 3 rings (SSSR count). The number of carbonyl (C=O) groups is 2. The van der Waals surface area contributed by atoms with Gasteiger partial charge >= 0.3 is 0 Å². The molecular weight excluding hydrogens is 248 g/mol. The Labute approximate surface area is 112 Å². The van der Waals surface area contributed by atoms with Crippen LogP contribution in [0.1, 0.15) is 32.6 Å². The zero-order valence-corrected chi connectivity index (χ0v) is 11.7. The summed E-state index contributed by atoms with van der Waals surface area (Å²) in [5.74, 6) is 1.51. The van der Waals surface area contributed by atoms with E-state index in [2.05, 4.69) is 6.92 Å². The monoisotopic (exact) mass is 268 g/mol. The van der Waals surface area contributed by atoms with Crippen LogP contribution in [0.4, 0.5) is 0 Å². The van der Waals surface area contributed by atoms with E-state index >= 15 is 0 Å². The van der Waals surface area contributed by atoms with Crippen LogP contribution in [-0.4, -0.2) is 57.8 Å². The van der Waals surface area contributed by atoms with Crippen LogP contribution in [0.15, 0.2) is 0 Å². The number of piperazine rings is 1. The standard InChI is InChI=1S/C13H20N2O2S/c1-13(5-3-7-18-13)9-14-8-11(16)15-6-2-4-10(15)12(14)17/h10H,2-9H2,1H3. The van der Waals surface area contributed by atoms with Crippen LogP contribution in [-0.2, 0) is 9.59 Å². The van der Waals surface area contributed by atoms with E-state index in [-0.39, 0.29) is 22.6 Å². The van der Waals surface area contributed by atoms with Crippen molar-refractivity contribution < 1.29 is 9.59 Å². The lowest BCUT2D eigenvalue weighted by molar-refractivity contribution is -0.153. The molecule has 5 heteroatoms. The van der Waals surface area contributed by atoms with Gasteiger partial charge in [0.05, 0.1) is 6.54 Å². The number of rotatable bonds is 2. The molecule has 0 spiro atoms. The number of hydrogen-bond donors (Lipinski definition) is 0. The van der Waals surface area contributed by atoms with Gasteiger partial charge in [0.25, 0.3) is 0 Å². The predicted molar refractivity (Wildman–Crippen MR) is 71.4 cm³/mol. The molecule has 0 aromatic carbocycles. The number of hydrogen-bond acceptors (Lipinski definition) is 3. The molecule has 3 aliphatic heterocycles. The Morgan fingerprint density at radius 3 is 2.94 bits per heavy atom. The summed E-state index contributed by atoms with van der Waals surface area (Å²) >= 11 is 1.95. The topological polar surface area (TPSA) is 40.6 Å². The minimum absolute atomic E-state index is 0.142. The second-order valence-corrected chi connectivity index (χ2v) is 7.52. The van der Waals surface area contributed by atoms with Crippen LogP contribution in [0.2, 0.25) is 0 Å². The molecule has 2 atom stereocenters. The van der Waals surface area contributed by atoms with Crippen LogP contribution < -0.4 is 0 Å². The quantitative estimate of drug-likeness (QED) is 0.753. The molecule has 0 aromatic rings. The third-order valence-electron chi connectivity index (χ3n) is 4.32. The summed E-state index contributed by atoms with van der Waals surface area (Å²) in [4.78, 5) is 28.0. The minimum Gasteiger partial charge on any atom is -0.330 e. The van der Waals surface area contributed by atoms with Gasteiger partial charge in [-0.25, -0.2) is 0 Å². The van der Waals surface area contributed by atoms with Crippen molar-refractivity contribution in [3.8, 4) is 0 Å². The van der Waals surface area contributed by atoms with E-state index in [0.29, 0.717) is 6.54 Å². The fraction of sp³-hybridized carbons (Fsp3) is 0.846. The molecule has 2 amide bonds. The van der Waals surface area contributed by atoms with Crippen molar-refractivity contribution in [1.82, 2.24) is 9.80 Å². The van der Waals surface area contributed by atoms with Gasteiger partial charge in [0, 0.05) is 17.8 Å². The molecular formula is C13H20N2O2S. The van der Waals surface area contributed by atoms with Gasteiger partial charge in [0.15, 0.2) is 0 Å². The second kappa shape index (κ2) is 4.44. The summed E-state index contributed by atoms with van der Waals surface area (Å²) in [6.07, 6.45) is 4.21. The van der Waals surface area contributed by atoms with Crippen molar-refractivity contribution in [3.05, 3.63) is 0 Å². The lowest BCUT2D eigenvalue weighted by atomic mass is 10.0. The SMILES string of the molecule is CC1(CN2CC(=O)N3CCCC3C2=O)CCCS1. The molecule has 18 heavy (non-hydrogen) atoms. The maximum atomic E-state index is 12.4. The Bertz CT molecular complexity index is 379. The van der Waals surface area contributed by atoms with Gasteiger partial charge in [-0.15, -0.1) is 0 Å². The highest BCUT2D eigenvalue weighted by atomic mass is 32.2. The maximum Gasteiger partial charge on any atom is 0.245 e. The van der Waals surface area contributed by atoms with E-state index < -0.39 is 0 Å². The minimum atomic E-state index is -0.152. The molecule has 0 bridgehead atoms. The lowest BCUT2D eigenvalue weighted by Crippen LogP contribution is -2.59. The van der Waals surface area contributed by atoms with Gasteiger partial charge in [0.2, 0.25) is 11.8 Å². The van der Waals surface area contributed by atoms with Crippen molar-refractivity contribution in [1.29, 1.82) is 0 Å². The van der Waals surface area contributed by atoms with Crippen molar-refractivity contribution in [2.45, 2.75) is 43.4 Å². The lowest BCUT2D eigenvalue weighted by Gasteiger charge is -2.39. The first kappa shape index (κ1) is 12.3. The van der Waals surface area contributed by atoms with Gasteiger partial charge in [-0.3, -0.25) is 9.59 Å². The van der Waals surface area contributed by atoms with Crippen molar-refractivity contribution >= 4 is 23.6 Å². The Kier molecular flexibility index (Phi) is 3.04. The number of fused-ring (bicyclic) bond motifs is 1. The molecule has 0 aliphatic carbocycles. The zero-order chi connectivity index (χ0) is 12.8. The molecule has 0 saturated carbocycles. The summed E-state index contributed by atoms with van der Waals surface area (Å²) in [6, 6.07) is -0.152. The molecule has 3 heterocycles. The first-order valence-corrected chi connectivity index (χ1v) is 7.80. The van der Waals surface area contributed by atoms with Gasteiger partial charge in [0.1, 0.15) is 6.04 Å². The van der Waals surface area contributed by atoms with E-state index in [0.717, 1.165) is 32.4 Å². The normalized spacial score (nSPS) is 36.4. The van der Waals surface area contributed by atoms with Crippen LogP contribution in [0.3, 0.4) is 0 Å². The van der Waals surface area contributed by atoms with E-state index in [9.17, 15) is 9.59 Å². The molecule has 0 aromatic heterocycles. The molecule has 4 nitrogen and oxygen atoms in total. The number of carbonyl (C=O) groups excluding carboxylic acids is 2. The van der Waals surface area contributed by atoms with Gasteiger partial charge in [-0.2, -0.15) is 11.8 Å².